The van der Waals surface area contributed by atoms with Gasteiger partial charge in [-0.15, -0.1) is 0 Å². The normalized spacial score (nSPS) is 11.7. The molecule has 0 bridgehead atoms. The van der Waals surface area contributed by atoms with Crippen molar-refractivity contribution in [2.75, 3.05) is 11.9 Å². The molecule has 0 aliphatic heterocycles. The van der Waals surface area contributed by atoms with Crippen molar-refractivity contribution in [3.8, 4) is 0 Å². The molecule has 9 nitrogen and oxygen atoms in total. The first-order chi connectivity index (χ1) is 16.6. The molecule has 188 valence electrons. The summed E-state index contributed by atoms with van der Waals surface area (Å²) in [6, 6.07) is 15.4. The number of carboxylic acid groups (broad SMARTS) is 2. The molecule has 0 saturated carbocycles. The van der Waals surface area contributed by atoms with Crippen LogP contribution in [0.4, 0.5) is 19.0 Å². The van der Waals surface area contributed by atoms with Gasteiger partial charge in [0.15, 0.2) is 5.82 Å². The number of alkyl halides is 3. The Kier molecular flexibility index (Phi) is 10.7. The SMILES string of the molecule is O=C(O)C(F)(F)F.O=C(O)CC(Cc1nc(CCCCNc2ccccn2)no1)c1ccccc1. The zero-order valence-corrected chi connectivity index (χ0v) is 18.6. The van der Waals surface area contributed by atoms with Crippen LogP contribution in [0.15, 0.2) is 59.3 Å². The summed E-state index contributed by atoms with van der Waals surface area (Å²) in [5.74, 6) is -1.77. The number of anilines is 1. The second-order valence-electron chi connectivity index (χ2n) is 7.42. The summed E-state index contributed by atoms with van der Waals surface area (Å²) in [4.78, 5) is 28.8. The van der Waals surface area contributed by atoms with Crippen LogP contribution in [0, 0.1) is 0 Å². The van der Waals surface area contributed by atoms with Crippen LogP contribution in [-0.2, 0) is 22.4 Å². The van der Waals surface area contributed by atoms with E-state index in [0.29, 0.717) is 18.1 Å². The molecule has 3 aromatic rings. The second kappa shape index (κ2) is 13.7. The molecular weight excluding hydrogens is 469 g/mol. The quantitative estimate of drug-likeness (QED) is 0.332. The minimum absolute atomic E-state index is 0.0287. The summed E-state index contributed by atoms with van der Waals surface area (Å²) in [5.41, 5.74) is 0.963. The maximum absolute atomic E-state index is 11.2. The third-order valence-corrected chi connectivity index (χ3v) is 4.66. The number of nitrogens with zero attached hydrogens (tertiary/aromatic N) is 3. The van der Waals surface area contributed by atoms with Gasteiger partial charge in [0.2, 0.25) is 5.89 Å². The Morgan fingerprint density at radius 2 is 1.71 bits per heavy atom. The number of aryl methyl sites for hydroxylation is 1. The van der Waals surface area contributed by atoms with Crippen molar-refractivity contribution in [2.24, 2.45) is 0 Å². The van der Waals surface area contributed by atoms with Crippen LogP contribution in [0.1, 0.15) is 42.5 Å². The minimum atomic E-state index is -5.08. The molecule has 3 N–H and O–H groups in total. The Hall–Kier alpha value is -3.96. The second-order valence-corrected chi connectivity index (χ2v) is 7.42. The molecule has 3 rings (SSSR count). The molecule has 1 atom stereocenters. The third kappa shape index (κ3) is 10.7. The molecule has 0 fully saturated rings. The average Bonchev–Trinajstić information content (AvgIpc) is 3.26. The van der Waals surface area contributed by atoms with Gasteiger partial charge in [0.1, 0.15) is 5.82 Å². The highest BCUT2D eigenvalue weighted by Crippen LogP contribution is 2.24. The summed E-state index contributed by atoms with van der Waals surface area (Å²) in [6.45, 7) is 0.830. The van der Waals surface area contributed by atoms with Crippen molar-refractivity contribution in [2.45, 2.75) is 44.2 Å². The van der Waals surface area contributed by atoms with Crippen LogP contribution in [0.3, 0.4) is 0 Å². The van der Waals surface area contributed by atoms with Crippen molar-refractivity contribution in [1.29, 1.82) is 0 Å². The number of aromatic nitrogens is 3. The average molecular weight is 494 g/mol. The van der Waals surface area contributed by atoms with E-state index < -0.39 is 18.1 Å². The van der Waals surface area contributed by atoms with Crippen molar-refractivity contribution in [1.82, 2.24) is 15.1 Å². The Bertz CT molecular complexity index is 1050. The number of carbonyl (C=O) groups is 2. The van der Waals surface area contributed by atoms with Gasteiger partial charge in [-0.05, 0) is 30.5 Å². The molecule has 0 aliphatic rings. The highest BCUT2D eigenvalue weighted by atomic mass is 19.4. The predicted molar refractivity (Wildman–Crippen MR) is 119 cm³/mol. The maximum Gasteiger partial charge on any atom is 0.490 e. The van der Waals surface area contributed by atoms with Crippen molar-refractivity contribution in [3.63, 3.8) is 0 Å². The van der Waals surface area contributed by atoms with E-state index in [0.717, 1.165) is 37.2 Å². The maximum atomic E-state index is 11.2. The number of benzene rings is 1. The van der Waals surface area contributed by atoms with Gasteiger partial charge in [0.25, 0.3) is 0 Å². The molecule has 2 aromatic heterocycles. The number of halogens is 3. The summed E-state index contributed by atoms with van der Waals surface area (Å²) in [6.07, 6.45) is -0.258. The highest BCUT2D eigenvalue weighted by Gasteiger charge is 2.38. The highest BCUT2D eigenvalue weighted by molar-refractivity contribution is 5.73. The molecule has 2 heterocycles. The van der Waals surface area contributed by atoms with Gasteiger partial charge in [-0.2, -0.15) is 18.2 Å². The number of hydrogen-bond donors (Lipinski definition) is 3. The van der Waals surface area contributed by atoms with E-state index in [1.165, 1.54) is 0 Å². The number of hydrogen-bond acceptors (Lipinski definition) is 7. The van der Waals surface area contributed by atoms with Crippen molar-refractivity contribution >= 4 is 17.8 Å². The first kappa shape index (κ1) is 27.3. The topological polar surface area (TPSA) is 138 Å². The molecule has 0 amide bonds. The van der Waals surface area contributed by atoms with E-state index in [2.05, 4.69) is 20.4 Å². The van der Waals surface area contributed by atoms with E-state index in [1.54, 1.807) is 6.20 Å². The summed E-state index contributed by atoms with van der Waals surface area (Å²) in [5, 5.41) is 23.6. The van der Waals surface area contributed by atoms with Crippen LogP contribution in [0.5, 0.6) is 0 Å². The Morgan fingerprint density at radius 3 is 2.31 bits per heavy atom. The molecular formula is C23H25F3N4O5. The molecule has 1 aromatic carbocycles. The van der Waals surface area contributed by atoms with E-state index >= 15 is 0 Å². The van der Waals surface area contributed by atoms with E-state index in [9.17, 15) is 23.1 Å². The first-order valence-corrected chi connectivity index (χ1v) is 10.7. The monoisotopic (exact) mass is 494 g/mol. The number of aliphatic carboxylic acids is 2. The van der Waals surface area contributed by atoms with Gasteiger partial charge < -0.3 is 20.1 Å². The standard InChI is InChI=1S/C21H24N4O3.C2HF3O2/c26-21(27)15-17(16-8-2-1-3-9-16)14-20-24-19(25-28-20)11-5-7-13-23-18-10-4-6-12-22-18;3-2(4,5)1(6)7/h1-4,6,8-10,12,17H,5,7,11,13-15H2,(H,22,23)(H,26,27);(H,6,7). The fourth-order valence-electron chi connectivity index (χ4n) is 3.02. The Balaban J connectivity index is 0.000000540. The van der Waals surface area contributed by atoms with Gasteiger partial charge in [0, 0.05) is 31.5 Å². The summed E-state index contributed by atoms with van der Waals surface area (Å²) < 4.78 is 37.1. The lowest BCUT2D eigenvalue weighted by Gasteiger charge is -2.12. The molecule has 0 aliphatic carbocycles. The Labute approximate surface area is 199 Å². The smallest absolute Gasteiger partial charge is 0.481 e. The van der Waals surface area contributed by atoms with Crippen LogP contribution in [0.2, 0.25) is 0 Å². The third-order valence-electron chi connectivity index (χ3n) is 4.66. The van der Waals surface area contributed by atoms with Crippen LogP contribution >= 0.6 is 0 Å². The molecule has 12 heteroatoms. The number of carboxylic acids is 2. The number of unbranched alkanes of at least 4 members (excludes halogenated alkanes) is 1. The Morgan fingerprint density at radius 1 is 1.03 bits per heavy atom. The van der Waals surface area contributed by atoms with Gasteiger partial charge in [-0.3, -0.25) is 4.79 Å². The lowest BCUT2D eigenvalue weighted by molar-refractivity contribution is -0.192. The van der Waals surface area contributed by atoms with Crippen LogP contribution < -0.4 is 5.32 Å². The molecule has 1 unspecified atom stereocenters. The van der Waals surface area contributed by atoms with Gasteiger partial charge in [-0.1, -0.05) is 41.6 Å². The van der Waals surface area contributed by atoms with Gasteiger partial charge in [0.05, 0.1) is 6.42 Å². The van der Waals surface area contributed by atoms with E-state index in [-0.39, 0.29) is 12.3 Å². The van der Waals surface area contributed by atoms with E-state index in [1.807, 2.05) is 48.5 Å². The zero-order chi connectivity index (χ0) is 25.7. The predicted octanol–water partition coefficient (Wildman–Crippen LogP) is 4.33. The number of nitrogens with one attached hydrogen (secondary N) is 1. The minimum Gasteiger partial charge on any atom is -0.481 e. The number of pyridine rings is 1. The van der Waals surface area contributed by atoms with E-state index in [4.69, 9.17) is 14.4 Å². The van der Waals surface area contributed by atoms with Crippen molar-refractivity contribution in [3.05, 3.63) is 72.0 Å². The summed E-state index contributed by atoms with van der Waals surface area (Å²) in [7, 11) is 0. The first-order valence-electron chi connectivity index (χ1n) is 10.7. The fraction of sp³-hybridized carbons (Fsp3) is 0.348. The molecule has 0 spiro atoms. The molecule has 0 saturated heterocycles. The lowest BCUT2D eigenvalue weighted by Crippen LogP contribution is -2.21. The van der Waals surface area contributed by atoms with Gasteiger partial charge in [-0.25, -0.2) is 9.78 Å². The molecule has 35 heavy (non-hydrogen) atoms. The van der Waals surface area contributed by atoms with Crippen LogP contribution in [-0.4, -0.2) is 50.0 Å². The van der Waals surface area contributed by atoms with Crippen LogP contribution in [0.25, 0.3) is 0 Å². The lowest BCUT2D eigenvalue weighted by atomic mass is 9.92. The zero-order valence-electron chi connectivity index (χ0n) is 18.6. The van der Waals surface area contributed by atoms with Crippen molar-refractivity contribution < 1.29 is 37.5 Å². The fourth-order valence-corrected chi connectivity index (χ4v) is 3.02. The largest absolute Gasteiger partial charge is 0.490 e. The number of rotatable bonds is 11. The summed E-state index contributed by atoms with van der Waals surface area (Å²) >= 11 is 0. The molecule has 0 radical (unpaired) electrons. The van der Waals surface area contributed by atoms with Gasteiger partial charge >= 0.3 is 18.1 Å².